The minimum atomic E-state index is -3.74. The second kappa shape index (κ2) is 5.04. The van der Waals surface area contributed by atoms with Crippen LogP contribution >= 0.6 is 0 Å². The second-order valence-corrected chi connectivity index (χ2v) is 7.90. The van der Waals surface area contributed by atoms with Gasteiger partial charge in [0, 0.05) is 11.9 Å². The van der Waals surface area contributed by atoms with E-state index in [1.54, 1.807) is 13.8 Å². The summed E-state index contributed by atoms with van der Waals surface area (Å²) in [5, 5.41) is 4.81. The van der Waals surface area contributed by atoms with Crippen LogP contribution < -0.4 is 4.31 Å². The molecule has 6 nitrogen and oxygen atoms in total. The van der Waals surface area contributed by atoms with Gasteiger partial charge in [-0.05, 0) is 44.4 Å². The first kappa shape index (κ1) is 15.1. The smallest absolute Gasteiger partial charge is 0.270 e. The van der Waals surface area contributed by atoms with E-state index in [4.69, 9.17) is 4.52 Å². The molecule has 0 aliphatic carbocycles. The van der Waals surface area contributed by atoms with E-state index in [1.165, 1.54) is 4.31 Å². The third kappa shape index (κ3) is 2.04. The molecule has 0 bridgehead atoms. The normalized spacial score (nSPS) is 14.4. The van der Waals surface area contributed by atoms with E-state index in [-0.39, 0.29) is 4.90 Å². The lowest BCUT2D eigenvalue weighted by Gasteiger charge is -2.18. The van der Waals surface area contributed by atoms with Gasteiger partial charge in [-0.3, -0.25) is 0 Å². The van der Waals surface area contributed by atoms with Gasteiger partial charge >= 0.3 is 0 Å². The molecule has 0 unspecified atom stereocenters. The second-order valence-electron chi connectivity index (χ2n) is 6.10. The number of nitrogens with zero attached hydrogens (tertiary/aromatic N) is 3. The lowest BCUT2D eigenvalue weighted by molar-refractivity contribution is 0.390. The van der Waals surface area contributed by atoms with Gasteiger partial charge in [-0.15, -0.1) is 0 Å². The highest BCUT2D eigenvalue weighted by atomic mass is 32.2. The van der Waals surface area contributed by atoms with Gasteiger partial charge in [0.15, 0.2) is 10.7 Å². The molecule has 0 atom stereocenters. The predicted molar refractivity (Wildman–Crippen MR) is 90.7 cm³/mol. The summed E-state index contributed by atoms with van der Waals surface area (Å²) in [6, 6.07) is 8.00. The number of pyridine rings is 1. The van der Waals surface area contributed by atoms with Crippen LogP contribution in [0.15, 0.2) is 33.7 Å². The number of aryl methyl sites for hydroxylation is 3. The van der Waals surface area contributed by atoms with Crippen molar-refractivity contribution in [2.45, 2.75) is 32.1 Å². The minimum absolute atomic E-state index is 0.141. The summed E-state index contributed by atoms with van der Waals surface area (Å²) in [7, 11) is -3.74. The summed E-state index contributed by atoms with van der Waals surface area (Å²) in [4.78, 5) is 4.81. The van der Waals surface area contributed by atoms with Crippen LogP contribution in [-0.4, -0.2) is 25.1 Å². The van der Waals surface area contributed by atoms with Crippen molar-refractivity contribution < 1.29 is 12.9 Å². The zero-order valence-corrected chi connectivity index (χ0v) is 14.5. The van der Waals surface area contributed by atoms with Crippen molar-refractivity contribution in [3.8, 4) is 0 Å². The number of hydrogen-bond acceptors (Lipinski definition) is 5. The van der Waals surface area contributed by atoms with E-state index in [0.29, 0.717) is 30.2 Å². The molecule has 4 rings (SSSR count). The molecule has 7 heteroatoms. The van der Waals surface area contributed by atoms with Crippen molar-refractivity contribution in [2.24, 2.45) is 0 Å². The summed E-state index contributed by atoms with van der Waals surface area (Å²) in [5.41, 5.74) is 3.18. The Hall–Kier alpha value is -2.41. The first-order valence-electron chi connectivity index (χ1n) is 7.74. The number of aromatic nitrogens is 2. The average Bonchev–Trinajstić information content (AvgIpc) is 3.09. The third-order valence-electron chi connectivity index (χ3n) is 4.44. The molecule has 0 N–H and O–H groups in total. The summed E-state index contributed by atoms with van der Waals surface area (Å²) in [6.07, 6.45) is 0.648. The Bertz CT molecular complexity index is 1050. The number of hydrogen-bond donors (Lipinski definition) is 0. The quantitative estimate of drug-likeness (QED) is 0.715. The Morgan fingerprint density at radius 2 is 2.00 bits per heavy atom. The van der Waals surface area contributed by atoms with Crippen LogP contribution in [0.2, 0.25) is 0 Å². The van der Waals surface area contributed by atoms with E-state index >= 15 is 0 Å². The van der Waals surface area contributed by atoms with Gasteiger partial charge in [-0.2, -0.15) is 0 Å². The first-order chi connectivity index (χ1) is 11.4. The number of benzene rings is 1. The zero-order valence-electron chi connectivity index (χ0n) is 13.7. The molecule has 0 spiro atoms. The van der Waals surface area contributed by atoms with Gasteiger partial charge in [-0.25, -0.2) is 17.7 Å². The van der Waals surface area contributed by atoms with E-state index in [0.717, 1.165) is 22.0 Å². The summed E-state index contributed by atoms with van der Waals surface area (Å²) < 4.78 is 32.6. The van der Waals surface area contributed by atoms with Crippen LogP contribution in [0, 0.1) is 20.8 Å². The fraction of sp³-hybridized carbons (Fsp3) is 0.294. The molecule has 0 saturated heterocycles. The van der Waals surface area contributed by atoms with Gasteiger partial charge < -0.3 is 4.52 Å². The lowest BCUT2D eigenvalue weighted by atomic mass is 10.1. The average molecular weight is 343 g/mol. The van der Waals surface area contributed by atoms with Crippen molar-refractivity contribution >= 4 is 26.7 Å². The number of rotatable bonds is 2. The molecule has 3 heterocycles. The maximum Gasteiger partial charge on any atom is 0.270 e. The van der Waals surface area contributed by atoms with Gasteiger partial charge in [0.1, 0.15) is 11.5 Å². The van der Waals surface area contributed by atoms with Crippen LogP contribution in [0.4, 0.5) is 5.82 Å². The largest absolute Gasteiger partial charge is 0.360 e. The monoisotopic (exact) mass is 343 g/mol. The van der Waals surface area contributed by atoms with Gasteiger partial charge in [0.05, 0.1) is 5.52 Å². The zero-order chi connectivity index (χ0) is 17.1. The maximum atomic E-state index is 13.1. The first-order valence-corrected chi connectivity index (χ1v) is 9.18. The highest BCUT2D eigenvalue weighted by Crippen LogP contribution is 2.35. The predicted octanol–water partition coefficient (Wildman–Crippen LogP) is 2.90. The van der Waals surface area contributed by atoms with Crippen molar-refractivity contribution in [1.82, 2.24) is 10.1 Å². The summed E-state index contributed by atoms with van der Waals surface area (Å²) in [6.45, 7) is 5.61. The standard InChI is InChI=1S/C17H17N3O3S/c1-10-5-4-6-13-9-14-7-8-20(17(14)18-15(10)13)24(21,22)16-11(2)19-23-12(16)3/h4-6,9H,7-8H2,1-3H3. The molecule has 0 amide bonds. The number of para-hydroxylation sites is 1. The van der Waals surface area contributed by atoms with E-state index < -0.39 is 10.0 Å². The highest BCUT2D eigenvalue weighted by Gasteiger charge is 2.36. The molecular formula is C17H17N3O3S. The van der Waals surface area contributed by atoms with Crippen molar-refractivity contribution in [3.63, 3.8) is 0 Å². The molecule has 1 aliphatic rings. The molecule has 1 aliphatic heterocycles. The fourth-order valence-corrected chi connectivity index (χ4v) is 5.04. The van der Waals surface area contributed by atoms with Crippen molar-refractivity contribution in [3.05, 3.63) is 46.8 Å². The Kier molecular flexibility index (Phi) is 3.18. The van der Waals surface area contributed by atoms with Crippen LogP contribution in [-0.2, 0) is 16.4 Å². The molecule has 24 heavy (non-hydrogen) atoms. The molecule has 0 saturated carbocycles. The Morgan fingerprint density at radius 1 is 1.21 bits per heavy atom. The van der Waals surface area contributed by atoms with Gasteiger partial charge in [-0.1, -0.05) is 23.4 Å². The Morgan fingerprint density at radius 3 is 2.71 bits per heavy atom. The maximum absolute atomic E-state index is 13.1. The van der Waals surface area contributed by atoms with Gasteiger partial charge in [0.2, 0.25) is 0 Å². The van der Waals surface area contributed by atoms with Crippen molar-refractivity contribution in [1.29, 1.82) is 0 Å². The molecular weight excluding hydrogens is 326 g/mol. The van der Waals surface area contributed by atoms with E-state index in [9.17, 15) is 8.42 Å². The van der Waals surface area contributed by atoms with E-state index in [1.807, 2.05) is 31.2 Å². The molecule has 3 aromatic rings. The summed E-state index contributed by atoms with van der Waals surface area (Å²) in [5.74, 6) is 0.815. The lowest BCUT2D eigenvalue weighted by Crippen LogP contribution is -2.30. The molecule has 2 aromatic heterocycles. The third-order valence-corrected chi connectivity index (χ3v) is 6.47. The fourth-order valence-electron chi connectivity index (χ4n) is 3.30. The topological polar surface area (TPSA) is 76.3 Å². The van der Waals surface area contributed by atoms with E-state index in [2.05, 4.69) is 10.1 Å². The molecule has 0 fully saturated rings. The SMILES string of the molecule is Cc1noc(C)c1S(=O)(=O)N1CCc2cc3cccc(C)c3nc21. The van der Waals surface area contributed by atoms with Crippen molar-refractivity contribution in [2.75, 3.05) is 10.8 Å². The number of anilines is 1. The number of sulfonamides is 1. The van der Waals surface area contributed by atoms with Crippen LogP contribution in [0.3, 0.4) is 0 Å². The minimum Gasteiger partial charge on any atom is -0.360 e. The van der Waals surface area contributed by atoms with Crippen LogP contribution in [0.25, 0.3) is 10.9 Å². The molecule has 0 radical (unpaired) electrons. The van der Waals surface area contributed by atoms with Gasteiger partial charge in [0.25, 0.3) is 10.0 Å². The van der Waals surface area contributed by atoms with Crippen LogP contribution in [0.1, 0.15) is 22.6 Å². The Labute approximate surface area is 140 Å². The highest BCUT2D eigenvalue weighted by molar-refractivity contribution is 7.93. The Balaban J connectivity index is 1.91. The molecule has 124 valence electrons. The van der Waals surface area contributed by atoms with Crippen LogP contribution in [0.5, 0.6) is 0 Å². The number of fused-ring (bicyclic) bond motifs is 2. The summed E-state index contributed by atoms with van der Waals surface area (Å²) >= 11 is 0. The molecule has 1 aromatic carbocycles.